The SMILES string of the molecule is CC(C)(C)c1nc(/C(=N/Nc2ccccc2)c2ccccc2)no1. The van der Waals surface area contributed by atoms with E-state index in [2.05, 4.69) is 20.7 Å². The van der Waals surface area contributed by atoms with Gasteiger partial charge in [-0.25, -0.2) is 0 Å². The third-order valence-corrected chi connectivity index (χ3v) is 3.40. The van der Waals surface area contributed by atoms with Gasteiger partial charge in [-0.2, -0.15) is 10.1 Å². The van der Waals surface area contributed by atoms with E-state index in [1.807, 2.05) is 81.4 Å². The molecule has 2 aromatic carbocycles. The average Bonchev–Trinajstić information content (AvgIpc) is 3.07. The van der Waals surface area contributed by atoms with E-state index in [4.69, 9.17) is 4.52 Å². The van der Waals surface area contributed by atoms with E-state index in [0.717, 1.165) is 11.3 Å². The molecule has 0 fully saturated rings. The van der Waals surface area contributed by atoms with E-state index in [1.165, 1.54) is 0 Å². The smallest absolute Gasteiger partial charge is 0.232 e. The highest BCUT2D eigenvalue weighted by molar-refractivity contribution is 6.10. The first-order chi connectivity index (χ1) is 11.5. The second-order valence-corrected chi connectivity index (χ2v) is 6.48. The lowest BCUT2D eigenvalue weighted by atomic mass is 9.97. The molecular formula is C19H20N4O. The summed E-state index contributed by atoms with van der Waals surface area (Å²) in [5.74, 6) is 1.05. The summed E-state index contributed by atoms with van der Waals surface area (Å²) < 4.78 is 5.41. The Bertz CT molecular complexity index is 817. The minimum Gasteiger partial charge on any atom is -0.338 e. The fraction of sp³-hybridized carbons (Fsp3) is 0.211. The summed E-state index contributed by atoms with van der Waals surface area (Å²) in [7, 11) is 0. The van der Waals surface area contributed by atoms with Gasteiger partial charge in [0.2, 0.25) is 11.7 Å². The van der Waals surface area contributed by atoms with Gasteiger partial charge in [-0.05, 0) is 12.1 Å². The van der Waals surface area contributed by atoms with Crippen molar-refractivity contribution in [2.24, 2.45) is 5.10 Å². The predicted molar refractivity (Wildman–Crippen MR) is 95.1 cm³/mol. The zero-order valence-corrected chi connectivity index (χ0v) is 14.0. The standard InChI is InChI=1S/C19H20N4O/c1-19(2,3)18-20-17(23-24-18)16(14-10-6-4-7-11-14)22-21-15-12-8-5-9-13-15/h4-13,21H,1-3H3/b22-16+. The fourth-order valence-corrected chi connectivity index (χ4v) is 2.10. The molecule has 0 aliphatic heterocycles. The number of hydrazone groups is 1. The highest BCUT2D eigenvalue weighted by Crippen LogP contribution is 2.21. The van der Waals surface area contributed by atoms with Crippen molar-refractivity contribution in [3.8, 4) is 0 Å². The van der Waals surface area contributed by atoms with E-state index < -0.39 is 0 Å². The maximum absolute atomic E-state index is 5.41. The molecule has 5 nitrogen and oxygen atoms in total. The van der Waals surface area contributed by atoms with Crippen LogP contribution in [0.15, 0.2) is 70.3 Å². The molecule has 0 saturated heterocycles. The van der Waals surface area contributed by atoms with Crippen molar-refractivity contribution in [1.82, 2.24) is 10.1 Å². The molecule has 0 radical (unpaired) electrons. The van der Waals surface area contributed by atoms with Gasteiger partial charge in [0.05, 0.1) is 5.69 Å². The first-order valence-corrected chi connectivity index (χ1v) is 7.83. The summed E-state index contributed by atoms with van der Waals surface area (Å²) in [6.07, 6.45) is 0. The molecule has 0 bridgehead atoms. The number of anilines is 1. The Morgan fingerprint density at radius 1 is 0.958 bits per heavy atom. The molecule has 122 valence electrons. The Morgan fingerprint density at radius 3 is 2.17 bits per heavy atom. The number of hydrogen-bond donors (Lipinski definition) is 1. The maximum Gasteiger partial charge on any atom is 0.232 e. The van der Waals surface area contributed by atoms with Gasteiger partial charge in [-0.1, -0.05) is 74.5 Å². The Morgan fingerprint density at radius 2 is 1.58 bits per heavy atom. The van der Waals surface area contributed by atoms with Crippen LogP contribution in [0.5, 0.6) is 0 Å². The summed E-state index contributed by atoms with van der Waals surface area (Å²) in [6.45, 7) is 6.10. The molecule has 3 rings (SSSR count). The molecule has 0 saturated carbocycles. The van der Waals surface area contributed by atoms with Crippen LogP contribution in [0, 0.1) is 0 Å². The van der Waals surface area contributed by atoms with Gasteiger partial charge < -0.3 is 4.52 Å². The molecule has 0 spiro atoms. The van der Waals surface area contributed by atoms with E-state index in [1.54, 1.807) is 0 Å². The van der Waals surface area contributed by atoms with Crippen molar-refractivity contribution >= 4 is 11.4 Å². The van der Waals surface area contributed by atoms with Crippen molar-refractivity contribution < 1.29 is 4.52 Å². The molecule has 1 heterocycles. The maximum atomic E-state index is 5.41. The van der Waals surface area contributed by atoms with Gasteiger partial charge >= 0.3 is 0 Å². The lowest BCUT2D eigenvalue weighted by Gasteiger charge is -2.10. The average molecular weight is 320 g/mol. The molecule has 0 aliphatic rings. The zero-order chi connectivity index (χ0) is 17.0. The third-order valence-electron chi connectivity index (χ3n) is 3.40. The van der Waals surface area contributed by atoms with Crippen LogP contribution < -0.4 is 5.43 Å². The molecule has 0 atom stereocenters. The van der Waals surface area contributed by atoms with Crippen molar-refractivity contribution in [3.63, 3.8) is 0 Å². The predicted octanol–water partition coefficient (Wildman–Crippen LogP) is 4.23. The Balaban J connectivity index is 1.98. The lowest BCUT2D eigenvalue weighted by molar-refractivity contribution is 0.320. The van der Waals surface area contributed by atoms with E-state index in [0.29, 0.717) is 17.4 Å². The van der Waals surface area contributed by atoms with Gasteiger partial charge in [0.15, 0.2) is 0 Å². The fourth-order valence-electron chi connectivity index (χ4n) is 2.10. The molecular weight excluding hydrogens is 300 g/mol. The van der Waals surface area contributed by atoms with Gasteiger partial charge in [0.25, 0.3) is 0 Å². The van der Waals surface area contributed by atoms with E-state index in [9.17, 15) is 0 Å². The first kappa shape index (κ1) is 15.9. The van der Waals surface area contributed by atoms with Gasteiger partial charge in [-0.3, -0.25) is 5.43 Å². The van der Waals surface area contributed by atoms with Crippen molar-refractivity contribution in [2.45, 2.75) is 26.2 Å². The van der Waals surface area contributed by atoms with Crippen LogP contribution in [0.1, 0.15) is 38.0 Å². The van der Waals surface area contributed by atoms with E-state index >= 15 is 0 Å². The lowest BCUT2D eigenvalue weighted by Crippen LogP contribution is -2.13. The monoisotopic (exact) mass is 320 g/mol. The zero-order valence-electron chi connectivity index (χ0n) is 14.0. The summed E-state index contributed by atoms with van der Waals surface area (Å²) in [5, 5.41) is 8.63. The molecule has 1 aromatic heterocycles. The highest BCUT2D eigenvalue weighted by Gasteiger charge is 2.24. The van der Waals surface area contributed by atoms with Crippen molar-refractivity contribution in [2.75, 3.05) is 5.43 Å². The number of hydrogen-bond acceptors (Lipinski definition) is 5. The molecule has 0 aliphatic carbocycles. The van der Waals surface area contributed by atoms with Gasteiger partial charge in [0.1, 0.15) is 5.71 Å². The molecule has 5 heteroatoms. The molecule has 0 amide bonds. The van der Waals surface area contributed by atoms with Crippen LogP contribution in [-0.4, -0.2) is 15.9 Å². The minimum absolute atomic E-state index is 0.208. The van der Waals surface area contributed by atoms with Crippen LogP contribution in [0.4, 0.5) is 5.69 Å². The van der Waals surface area contributed by atoms with E-state index in [-0.39, 0.29) is 5.41 Å². The Kier molecular flexibility index (Phi) is 4.42. The molecule has 1 N–H and O–H groups in total. The van der Waals surface area contributed by atoms with Crippen LogP contribution in [0.2, 0.25) is 0 Å². The van der Waals surface area contributed by atoms with Crippen LogP contribution in [0.25, 0.3) is 0 Å². The molecule has 0 unspecified atom stereocenters. The number of benzene rings is 2. The second-order valence-electron chi connectivity index (χ2n) is 6.48. The summed E-state index contributed by atoms with van der Waals surface area (Å²) in [5.41, 5.74) is 5.30. The van der Waals surface area contributed by atoms with Gasteiger partial charge in [-0.15, -0.1) is 0 Å². The number of nitrogens with zero attached hydrogens (tertiary/aromatic N) is 3. The van der Waals surface area contributed by atoms with Crippen LogP contribution >= 0.6 is 0 Å². The van der Waals surface area contributed by atoms with Crippen LogP contribution in [-0.2, 0) is 5.41 Å². The largest absolute Gasteiger partial charge is 0.338 e. The highest BCUT2D eigenvalue weighted by atomic mass is 16.5. The van der Waals surface area contributed by atoms with Gasteiger partial charge in [0, 0.05) is 11.0 Å². The summed E-state index contributed by atoms with van der Waals surface area (Å²) in [4.78, 5) is 4.52. The minimum atomic E-state index is -0.208. The second kappa shape index (κ2) is 6.66. The molecule has 24 heavy (non-hydrogen) atoms. The number of aromatic nitrogens is 2. The number of para-hydroxylation sites is 1. The summed E-state index contributed by atoms with van der Waals surface area (Å²) >= 11 is 0. The van der Waals surface area contributed by atoms with Crippen molar-refractivity contribution in [1.29, 1.82) is 0 Å². The topological polar surface area (TPSA) is 63.3 Å². The first-order valence-electron chi connectivity index (χ1n) is 7.83. The Hall–Kier alpha value is -2.95. The normalized spacial score (nSPS) is 12.2. The quantitative estimate of drug-likeness (QED) is 0.577. The number of nitrogens with one attached hydrogen (secondary N) is 1. The Labute approximate surface area is 141 Å². The molecule has 3 aromatic rings. The third kappa shape index (κ3) is 3.68. The summed E-state index contributed by atoms with van der Waals surface area (Å²) in [6, 6.07) is 19.6. The van der Waals surface area contributed by atoms with Crippen molar-refractivity contribution in [3.05, 3.63) is 77.9 Å². The number of rotatable bonds is 4. The van der Waals surface area contributed by atoms with Crippen LogP contribution in [0.3, 0.4) is 0 Å².